The van der Waals surface area contributed by atoms with Crippen molar-refractivity contribution in [2.75, 3.05) is 19.7 Å². The molecule has 0 bridgehead atoms. The summed E-state index contributed by atoms with van der Waals surface area (Å²) in [7, 11) is 0. The molecule has 0 radical (unpaired) electrons. The minimum atomic E-state index is -0.127. The molecule has 7 nitrogen and oxygen atoms in total. The summed E-state index contributed by atoms with van der Waals surface area (Å²) in [6.45, 7) is 6.59. The van der Waals surface area contributed by atoms with Crippen LogP contribution < -0.4 is 10.9 Å². The van der Waals surface area contributed by atoms with Gasteiger partial charge in [-0.1, -0.05) is 29.8 Å². The maximum Gasteiger partial charge on any atom is 0.260 e. The number of hydrogen-bond donors (Lipinski definition) is 1. The maximum atomic E-state index is 13.7. The van der Waals surface area contributed by atoms with Gasteiger partial charge in [0.25, 0.3) is 5.56 Å². The van der Waals surface area contributed by atoms with E-state index in [2.05, 4.69) is 20.3 Å². The summed E-state index contributed by atoms with van der Waals surface area (Å²) in [6.07, 6.45) is 2.53. The molecular weight excluding hydrogens is 450 g/mol. The van der Waals surface area contributed by atoms with E-state index in [4.69, 9.17) is 16.3 Å². The Morgan fingerprint density at radius 3 is 2.79 bits per heavy atom. The fraction of sp³-hybridized carbons (Fsp3) is 0.308. The average molecular weight is 476 g/mol. The van der Waals surface area contributed by atoms with Crippen LogP contribution in [0.3, 0.4) is 0 Å². The fourth-order valence-corrected chi connectivity index (χ4v) is 4.60. The number of aromatic nitrogens is 4. The molecule has 1 atom stereocenters. The molecule has 0 amide bonds. The average Bonchev–Trinajstić information content (AvgIpc) is 2.84. The van der Waals surface area contributed by atoms with Crippen LogP contribution in [0.2, 0.25) is 5.02 Å². The molecule has 0 spiro atoms. The predicted octanol–water partition coefficient (Wildman–Crippen LogP) is 4.17. The van der Waals surface area contributed by atoms with E-state index in [1.165, 1.54) is 0 Å². The van der Waals surface area contributed by atoms with Crippen molar-refractivity contribution in [1.82, 2.24) is 24.8 Å². The molecule has 1 saturated heterocycles. The highest BCUT2D eigenvalue weighted by atomic mass is 35.5. The van der Waals surface area contributed by atoms with Gasteiger partial charge in [-0.15, -0.1) is 0 Å². The second kappa shape index (κ2) is 9.62. The van der Waals surface area contributed by atoms with E-state index in [0.717, 1.165) is 35.4 Å². The van der Waals surface area contributed by atoms with Crippen molar-refractivity contribution in [2.45, 2.75) is 32.9 Å². The first kappa shape index (κ1) is 22.7. The highest BCUT2D eigenvalue weighted by Gasteiger charge is 2.18. The van der Waals surface area contributed by atoms with E-state index in [-0.39, 0.29) is 11.7 Å². The molecule has 34 heavy (non-hydrogen) atoms. The normalized spacial score (nSPS) is 16.1. The number of fused-ring (bicyclic) bond motifs is 1. The van der Waals surface area contributed by atoms with Crippen molar-refractivity contribution in [3.8, 4) is 22.4 Å². The summed E-state index contributed by atoms with van der Waals surface area (Å²) in [5.74, 6) is 0.622. The van der Waals surface area contributed by atoms with Crippen LogP contribution in [0.15, 0.2) is 53.5 Å². The lowest BCUT2D eigenvalue weighted by Crippen LogP contribution is -2.39. The molecule has 4 heterocycles. The number of ether oxygens (including phenoxy) is 1. The van der Waals surface area contributed by atoms with Gasteiger partial charge in [-0.2, -0.15) is 0 Å². The molecule has 0 aliphatic carbocycles. The van der Waals surface area contributed by atoms with Crippen LogP contribution in [0.1, 0.15) is 17.9 Å². The number of nitrogens with one attached hydrogen (secondary N) is 1. The van der Waals surface area contributed by atoms with Crippen LogP contribution in [-0.4, -0.2) is 45.3 Å². The SMILES string of the molecule is Cc1cccc(-c2ccc(-c3cc4cnc(C)nc4n(CCC4CNCCO4)c3=O)c(Cl)c2)n1. The quantitative estimate of drug-likeness (QED) is 0.466. The van der Waals surface area contributed by atoms with Gasteiger partial charge < -0.3 is 10.1 Å². The summed E-state index contributed by atoms with van der Waals surface area (Å²) in [5.41, 5.74) is 4.38. The smallest absolute Gasteiger partial charge is 0.260 e. The van der Waals surface area contributed by atoms with Crippen LogP contribution in [-0.2, 0) is 11.3 Å². The van der Waals surface area contributed by atoms with Crippen LogP contribution in [0.5, 0.6) is 0 Å². The maximum absolute atomic E-state index is 13.7. The number of aryl methyl sites for hydroxylation is 3. The number of morpholine rings is 1. The number of halogens is 1. The molecule has 1 N–H and O–H groups in total. The predicted molar refractivity (Wildman–Crippen MR) is 134 cm³/mol. The molecule has 1 aliphatic rings. The highest BCUT2D eigenvalue weighted by Crippen LogP contribution is 2.31. The second-order valence-corrected chi connectivity index (χ2v) is 8.96. The Kier molecular flexibility index (Phi) is 6.41. The van der Waals surface area contributed by atoms with Crippen molar-refractivity contribution in [1.29, 1.82) is 0 Å². The first-order valence-corrected chi connectivity index (χ1v) is 11.8. The fourth-order valence-electron chi connectivity index (χ4n) is 4.32. The Morgan fingerprint density at radius 1 is 1.15 bits per heavy atom. The van der Waals surface area contributed by atoms with Gasteiger partial charge in [0.15, 0.2) is 0 Å². The van der Waals surface area contributed by atoms with Crippen LogP contribution >= 0.6 is 11.6 Å². The Labute approximate surface area is 202 Å². The van der Waals surface area contributed by atoms with E-state index in [0.29, 0.717) is 47.2 Å². The minimum absolute atomic E-state index is 0.0620. The van der Waals surface area contributed by atoms with E-state index >= 15 is 0 Å². The topological polar surface area (TPSA) is 81.9 Å². The van der Waals surface area contributed by atoms with Gasteiger partial charge >= 0.3 is 0 Å². The first-order valence-electron chi connectivity index (χ1n) is 11.4. The molecule has 1 aromatic carbocycles. The zero-order valence-corrected chi connectivity index (χ0v) is 20.0. The molecule has 1 fully saturated rings. The summed E-state index contributed by atoms with van der Waals surface area (Å²) in [6, 6.07) is 13.4. The number of benzene rings is 1. The monoisotopic (exact) mass is 475 g/mol. The molecule has 3 aromatic heterocycles. The third-order valence-electron chi connectivity index (χ3n) is 6.07. The van der Waals surface area contributed by atoms with Gasteiger partial charge in [0.05, 0.1) is 18.4 Å². The Balaban J connectivity index is 1.57. The minimum Gasteiger partial charge on any atom is -0.376 e. The molecule has 174 valence electrons. The van der Waals surface area contributed by atoms with E-state index < -0.39 is 0 Å². The van der Waals surface area contributed by atoms with Crippen LogP contribution in [0, 0.1) is 13.8 Å². The lowest BCUT2D eigenvalue weighted by Gasteiger charge is -2.24. The van der Waals surface area contributed by atoms with E-state index in [1.807, 2.05) is 56.3 Å². The number of nitrogens with zero attached hydrogens (tertiary/aromatic N) is 4. The Hall–Kier alpha value is -3.13. The zero-order valence-electron chi connectivity index (χ0n) is 19.2. The van der Waals surface area contributed by atoms with Gasteiger partial charge in [-0.3, -0.25) is 14.3 Å². The summed E-state index contributed by atoms with van der Waals surface area (Å²) in [4.78, 5) is 27.2. The Bertz CT molecular complexity index is 1410. The molecule has 5 rings (SSSR count). The van der Waals surface area contributed by atoms with Crippen LogP contribution in [0.4, 0.5) is 0 Å². The van der Waals surface area contributed by atoms with Crippen molar-refractivity contribution >= 4 is 22.6 Å². The number of rotatable bonds is 5. The molecule has 1 aliphatic heterocycles. The third-order valence-corrected chi connectivity index (χ3v) is 6.38. The summed E-state index contributed by atoms with van der Waals surface area (Å²) in [5, 5.41) is 4.63. The van der Waals surface area contributed by atoms with E-state index in [1.54, 1.807) is 10.8 Å². The summed E-state index contributed by atoms with van der Waals surface area (Å²) >= 11 is 6.72. The van der Waals surface area contributed by atoms with E-state index in [9.17, 15) is 4.79 Å². The Morgan fingerprint density at radius 2 is 2.03 bits per heavy atom. The van der Waals surface area contributed by atoms with Gasteiger partial charge in [0.2, 0.25) is 0 Å². The molecule has 0 saturated carbocycles. The molecular formula is C26H26ClN5O2. The van der Waals surface area contributed by atoms with Gasteiger partial charge in [-0.05, 0) is 44.5 Å². The third kappa shape index (κ3) is 4.59. The van der Waals surface area contributed by atoms with Crippen molar-refractivity contribution in [3.63, 3.8) is 0 Å². The first-order chi connectivity index (χ1) is 16.5. The van der Waals surface area contributed by atoms with Gasteiger partial charge in [0, 0.05) is 58.6 Å². The largest absolute Gasteiger partial charge is 0.376 e. The van der Waals surface area contributed by atoms with Crippen molar-refractivity contribution < 1.29 is 4.74 Å². The molecule has 1 unspecified atom stereocenters. The van der Waals surface area contributed by atoms with Crippen LogP contribution in [0.25, 0.3) is 33.4 Å². The van der Waals surface area contributed by atoms with Gasteiger partial charge in [-0.25, -0.2) is 9.97 Å². The molecule has 4 aromatic rings. The zero-order chi connectivity index (χ0) is 23.7. The lowest BCUT2D eigenvalue weighted by molar-refractivity contribution is 0.0211. The lowest BCUT2D eigenvalue weighted by atomic mass is 10.0. The van der Waals surface area contributed by atoms with Crippen molar-refractivity contribution in [3.05, 3.63) is 75.6 Å². The standard InChI is InChI=1S/C26H26ClN5O2/c1-16-4-3-5-24(30-16)18-6-7-21(23(27)13-18)22-12-19-14-29-17(2)31-25(19)32(26(22)33)10-8-20-15-28-9-11-34-20/h3-7,12-14,20,28H,8-11,15H2,1-2H3. The van der Waals surface area contributed by atoms with Gasteiger partial charge in [0.1, 0.15) is 11.5 Å². The van der Waals surface area contributed by atoms with Crippen molar-refractivity contribution in [2.24, 2.45) is 0 Å². The number of pyridine rings is 2. The molecule has 8 heteroatoms. The highest BCUT2D eigenvalue weighted by molar-refractivity contribution is 6.33. The number of hydrogen-bond acceptors (Lipinski definition) is 6. The second-order valence-electron chi connectivity index (χ2n) is 8.56. The summed E-state index contributed by atoms with van der Waals surface area (Å²) < 4.78 is 7.56.